The Balaban J connectivity index is 2.16. The number of rotatable bonds is 6. The molecule has 2 N–H and O–H groups in total. The van der Waals surface area contributed by atoms with E-state index in [2.05, 4.69) is 16.7 Å². The van der Waals surface area contributed by atoms with Crippen LogP contribution < -0.4 is 10.6 Å². The number of anilines is 1. The summed E-state index contributed by atoms with van der Waals surface area (Å²) in [6.07, 6.45) is 0.131. The van der Waals surface area contributed by atoms with Crippen molar-refractivity contribution in [2.75, 3.05) is 12.4 Å². The molecule has 27 heavy (non-hydrogen) atoms. The topological polar surface area (TPSA) is 108 Å². The van der Waals surface area contributed by atoms with Gasteiger partial charge in [0.05, 0.1) is 18.7 Å². The molecular weight excluding hydrogens is 346 g/mol. The first-order chi connectivity index (χ1) is 12.9. The molecule has 0 spiro atoms. The predicted molar refractivity (Wildman–Crippen MR) is 98.9 cm³/mol. The van der Waals surface area contributed by atoms with Gasteiger partial charge in [-0.15, -0.1) is 0 Å². The molecule has 0 heterocycles. The molecule has 7 nitrogen and oxygen atoms in total. The minimum Gasteiger partial charge on any atom is -0.467 e. The number of carbonyl (C=O) groups is 3. The van der Waals surface area contributed by atoms with Gasteiger partial charge in [0.15, 0.2) is 0 Å². The number of benzene rings is 2. The molecule has 0 saturated carbocycles. The van der Waals surface area contributed by atoms with Crippen LogP contribution in [0.5, 0.6) is 0 Å². The van der Waals surface area contributed by atoms with E-state index in [4.69, 9.17) is 4.74 Å². The van der Waals surface area contributed by atoms with Crippen molar-refractivity contribution in [1.29, 1.82) is 5.26 Å². The number of carbonyl (C=O) groups excluding carboxylic acids is 3. The molecule has 0 unspecified atom stereocenters. The Morgan fingerprint density at radius 3 is 2.37 bits per heavy atom. The normalized spacial score (nSPS) is 11.0. The Morgan fingerprint density at radius 2 is 1.78 bits per heavy atom. The van der Waals surface area contributed by atoms with E-state index in [1.807, 2.05) is 0 Å². The van der Waals surface area contributed by atoms with Crippen molar-refractivity contribution in [2.45, 2.75) is 19.4 Å². The monoisotopic (exact) mass is 365 g/mol. The Labute approximate surface area is 156 Å². The van der Waals surface area contributed by atoms with Crippen LogP contribution in [0.15, 0.2) is 48.5 Å². The third-order valence-electron chi connectivity index (χ3n) is 3.82. The molecule has 0 saturated heterocycles. The molecule has 0 aromatic heterocycles. The molecule has 0 aliphatic heterocycles. The standard InChI is InChI=1S/C20H19N3O4/c1-13(24)22-17-9-7-14(8-10-17)19(25)23-18(20(26)27-2)11-15-5-3-4-6-16(15)12-21/h3-10,18H,11H2,1-2H3,(H,22,24)(H,23,25)/t18-/m0/s1. The first kappa shape index (κ1) is 19.7. The van der Waals surface area contributed by atoms with E-state index >= 15 is 0 Å². The van der Waals surface area contributed by atoms with Crippen molar-refractivity contribution in [2.24, 2.45) is 0 Å². The van der Waals surface area contributed by atoms with E-state index in [0.717, 1.165) is 0 Å². The molecule has 0 bridgehead atoms. The lowest BCUT2D eigenvalue weighted by molar-refractivity contribution is -0.142. The number of nitrogens with one attached hydrogen (secondary N) is 2. The number of esters is 1. The second-order valence-electron chi connectivity index (χ2n) is 5.78. The summed E-state index contributed by atoms with van der Waals surface area (Å²) in [5.41, 5.74) is 1.95. The summed E-state index contributed by atoms with van der Waals surface area (Å²) in [7, 11) is 1.24. The molecule has 7 heteroatoms. The van der Waals surface area contributed by atoms with Gasteiger partial charge in [0.2, 0.25) is 5.91 Å². The van der Waals surface area contributed by atoms with Crippen molar-refractivity contribution >= 4 is 23.5 Å². The van der Waals surface area contributed by atoms with Crippen molar-refractivity contribution in [1.82, 2.24) is 5.32 Å². The van der Waals surface area contributed by atoms with Crippen LogP contribution in [0.2, 0.25) is 0 Å². The van der Waals surface area contributed by atoms with Gasteiger partial charge in [-0.25, -0.2) is 4.79 Å². The van der Waals surface area contributed by atoms with Gasteiger partial charge in [0, 0.05) is 24.6 Å². The Bertz CT molecular complexity index is 885. The summed E-state index contributed by atoms with van der Waals surface area (Å²) in [5, 5.41) is 14.4. The van der Waals surface area contributed by atoms with Gasteiger partial charge in [0.25, 0.3) is 5.91 Å². The fourth-order valence-electron chi connectivity index (χ4n) is 2.51. The highest BCUT2D eigenvalue weighted by Gasteiger charge is 2.23. The van der Waals surface area contributed by atoms with Crippen molar-refractivity contribution in [3.8, 4) is 6.07 Å². The molecule has 2 aromatic rings. The minimum absolute atomic E-state index is 0.131. The zero-order valence-electron chi connectivity index (χ0n) is 15.0. The summed E-state index contributed by atoms with van der Waals surface area (Å²) >= 11 is 0. The molecule has 138 valence electrons. The highest BCUT2D eigenvalue weighted by molar-refractivity contribution is 5.97. The zero-order valence-corrected chi connectivity index (χ0v) is 15.0. The number of nitrogens with zero attached hydrogens (tertiary/aromatic N) is 1. The highest BCUT2D eigenvalue weighted by Crippen LogP contribution is 2.13. The molecule has 0 aliphatic rings. The van der Waals surface area contributed by atoms with Gasteiger partial charge >= 0.3 is 5.97 Å². The van der Waals surface area contributed by atoms with E-state index in [1.165, 1.54) is 26.2 Å². The molecule has 1 atom stereocenters. The van der Waals surface area contributed by atoms with E-state index < -0.39 is 17.9 Å². The van der Waals surface area contributed by atoms with Gasteiger partial charge in [-0.3, -0.25) is 9.59 Å². The predicted octanol–water partition coefficient (Wildman–Crippen LogP) is 2.03. The molecule has 2 aromatic carbocycles. The summed E-state index contributed by atoms with van der Waals surface area (Å²) in [4.78, 5) is 35.6. The Hall–Kier alpha value is -3.66. The molecular formula is C20H19N3O4. The largest absolute Gasteiger partial charge is 0.467 e. The van der Waals surface area contributed by atoms with E-state index in [1.54, 1.807) is 36.4 Å². The van der Waals surface area contributed by atoms with E-state index in [0.29, 0.717) is 22.4 Å². The smallest absolute Gasteiger partial charge is 0.328 e. The van der Waals surface area contributed by atoms with Crippen LogP contribution in [0.4, 0.5) is 5.69 Å². The zero-order chi connectivity index (χ0) is 19.8. The second-order valence-corrected chi connectivity index (χ2v) is 5.78. The number of ether oxygens (including phenoxy) is 1. The number of hydrogen-bond donors (Lipinski definition) is 2. The fourth-order valence-corrected chi connectivity index (χ4v) is 2.51. The van der Waals surface area contributed by atoms with E-state index in [9.17, 15) is 19.6 Å². The van der Waals surface area contributed by atoms with Gasteiger partial charge in [-0.2, -0.15) is 5.26 Å². The van der Waals surface area contributed by atoms with Gasteiger partial charge < -0.3 is 15.4 Å². The molecule has 0 fully saturated rings. The van der Waals surface area contributed by atoms with Crippen LogP contribution in [0.1, 0.15) is 28.4 Å². The molecule has 0 radical (unpaired) electrons. The lowest BCUT2D eigenvalue weighted by atomic mass is 10.0. The summed E-state index contributed by atoms with van der Waals surface area (Å²) in [6, 6.07) is 14.2. The van der Waals surface area contributed by atoms with Crippen LogP contribution in [0, 0.1) is 11.3 Å². The average Bonchev–Trinajstić information content (AvgIpc) is 2.67. The van der Waals surface area contributed by atoms with Gasteiger partial charge in [-0.05, 0) is 35.9 Å². The van der Waals surface area contributed by atoms with Crippen LogP contribution >= 0.6 is 0 Å². The number of hydrogen-bond acceptors (Lipinski definition) is 5. The molecule has 2 amide bonds. The van der Waals surface area contributed by atoms with Crippen LogP contribution in [-0.4, -0.2) is 30.9 Å². The lowest BCUT2D eigenvalue weighted by Crippen LogP contribution is -2.43. The Kier molecular flexibility index (Phi) is 6.67. The average molecular weight is 365 g/mol. The van der Waals surface area contributed by atoms with Crippen LogP contribution in [0.25, 0.3) is 0 Å². The third-order valence-corrected chi connectivity index (χ3v) is 3.82. The SMILES string of the molecule is COC(=O)[C@H](Cc1ccccc1C#N)NC(=O)c1ccc(NC(C)=O)cc1. The van der Waals surface area contributed by atoms with Crippen LogP contribution in [-0.2, 0) is 20.7 Å². The summed E-state index contributed by atoms with van der Waals surface area (Å²) in [5.74, 6) is -1.28. The maximum atomic E-state index is 12.5. The maximum Gasteiger partial charge on any atom is 0.328 e. The fraction of sp³-hybridized carbons (Fsp3) is 0.200. The first-order valence-electron chi connectivity index (χ1n) is 8.19. The number of nitriles is 1. The number of amides is 2. The summed E-state index contributed by atoms with van der Waals surface area (Å²) < 4.78 is 4.77. The van der Waals surface area contributed by atoms with Crippen molar-refractivity contribution in [3.63, 3.8) is 0 Å². The highest BCUT2D eigenvalue weighted by atomic mass is 16.5. The van der Waals surface area contributed by atoms with E-state index in [-0.39, 0.29) is 12.3 Å². The second kappa shape index (κ2) is 9.15. The lowest BCUT2D eigenvalue weighted by Gasteiger charge is -2.17. The maximum absolute atomic E-state index is 12.5. The molecule has 0 aliphatic carbocycles. The first-order valence-corrected chi connectivity index (χ1v) is 8.19. The molecule has 2 rings (SSSR count). The minimum atomic E-state index is -0.938. The third kappa shape index (κ3) is 5.41. The summed E-state index contributed by atoms with van der Waals surface area (Å²) in [6.45, 7) is 1.39. The quantitative estimate of drug-likeness (QED) is 0.762. The van der Waals surface area contributed by atoms with Crippen LogP contribution in [0.3, 0.4) is 0 Å². The van der Waals surface area contributed by atoms with Crippen molar-refractivity contribution in [3.05, 3.63) is 65.2 Å². The van der Waals surface area contributed by atoms with Gasteiger partial charge in [-0.1, -0.05) is 18.2 Å². The van der Waals surface area contributed by atoms with Crippen molar-refractivity contribution < 1.29 is 19.1 Å². The Morgan fingerprint density at radius 1 is 1.11 bits per heavy atom. The number of methoxy groups -OCH3 is 1. The van der Waals surface area contributed by atoms with Gasteiger partial charge in [0.1, 0.15) is 6.04 Å².